The zero-order chi connectivity index (χ0) is 20.1. The first-order valence-electron chi connectivity index (χ1n) is 10.4. The molecular weight excluding hydrogens is 370 g/mol. The van der Waals surface area contributed by atoms with Crippen LogP contribution >= 0.6 is 0 Å². The van der Waals surface area contributed by atoms with Crippen molar-refractivity contribution in [2.75, 3.05) is 5.32 Å². The van der Waals surface area contributed by atoms with Gasteiger partial charge in [0.15, 0.2) is 5.78 Å². The monoisotopic (exact) mass is 391 g/mol. The van der Waals surface area contributed by atoms with E-state index in [4.69, 9.17) is 4.98 Å². The van der Waals surface area contributed by atoms with Crippen LogP contribution in [0.3, 0.4) is 0 Å². The van der Waals surface area contributed by atoms with Crippen molar-refractivity contribution in [1.82, 2.24) is 9.55 Å². The van der Waals surface area contributed by atoms with E-state index < -0.39 is 0 Å². The third kappa shape index (κ3) is 2.61. The molecule has 4 aromatic rings. The molecule has 2 heterocycles. The number of carbonyl (C=O) groups is 1. The molecule has 2 atom stereocenters. The lowest BCUT2D eigenvalue weighted by atomic mass is 9.78. The second-order valence-corrected chi connectivity index (χ2v) is 8.06. The summed E-state index contributed by atoms with van der Waals surface area (Å²) in [5.74, 6) is 1.22. The lowest BCUT2D eigenvalue weighted by molar-refractivity contribution is -0.116. The van der Waals surface area contributed by atoms with Crippen LogP contribution in [0.25, 0.3) is 11.0 Å². The van der Waals surface area contributed by atoms with Gasteiger partial charge in [-0.05, 0) is 35.6 Å². The van der Waals surface area contributed by atoms with Crippen LogP contribution in [0.15, 0.2) is 96.2 Å². The number of nitrogens with zero attached hydrogens (tertiary/aromatic N) is 2. The van der Waals surface area contributed by atoms with Crippen molar-refractivity contribution < 1.29 is 4.79 Å². The van der Waals surface area contributed by atoms with Gasteiger partial charge >= 0.3 is 0 Å². The molecule has 1 aliphatic carbocycles. The Morgan fingerprint density at radius 1 is 0.800 bits per heavy atom. The second-order valence-electron chi connectivity index (χ2n) is 8.06. The van der Waals surface area contributed by atoms with Crippen molar-refractivity contribution in [3.8, 4) is 0 Å². The molecule has 1 aromatic heterocycles. The normalized spacial score (nSPS) is 20.6. The zero-order valence-corrected chi connectivity index (χ0v) is 16.5. The molecule has 146 valence electrons. The van der Waals surface area contributed by atoms with E-state index >= 15 is 0 Å². The molecule has 30 heavy (non-hydrogen) atoms. The molecular formula is C26H21N3O. The lowest BCUT2D eigenvalue weighted by Crippen LogP contribution is -2.33. The third-order valence-electron chi connectivity index (χ3n) is 6.28. The zero-order valence-electron chi connectivity index (χ0n) is 16.5. The van der Waals surface area contributed by atoms with E-state index in [1.54, 1.807) is 0 Å². The van der Waals surface area contributed by atoms with Crippen molar-refractivity contribution >= 4 is 22.8 Å². The molecule has 3 aromatic carbocycles. The molecule has 0 saturated carbocycles. The van der Waals surface area contributed by atoms with Crippen LogP contribution in [-0.2, 0) is 4.79 Å². The summed E-state index contributed by atoms with van der Waals surface area (Å²) >= 11 is 0. The van der Waals surface area contributed by atoms with Crippen LogP contribution in [-0.4, -0.2) is 15.3 Å². The highest BCUT2D eigenvalue weighted by molar-refractivity contribution is 6.01. The first-order chi connectivity index (χ1) is 14.8. The topological polar surface area (TPSA) is 46.9 Å². The average Bonchev–Trinajstić information content (AvgIpc) is 3.17. The average molecular weight is 391 g/mol. The minimum absolute atomic E-state index is 0.158. The van der Waals surface area contributed by atoms with Crippen molar-refractivity contribution in [3.05, 3.63) is 107 Å². The fourth-order valence-electron chi connectivity index (χ4n) is 4.94. The van der Waals surface area contributed by atoms with E-state index in [1.165, 1.54) is 5.56 Å². The summed E-state index contributed by atoms with van der Waals surface area (Å²) < 4.78 is 2.18. The number of anilines is 1. The summed E-state index contributed by atoms with van der Waals surface area (Å²) in [4.78, 5) is 18.4. The Balaban J connectivity index is 1.54. The summed E-state index contributed by atoms with van der Waals surface area (Å²) in [5.41, 5.74) is 6.20. The fraction of sp³-hybridized carbons (Fsp3) is 0.154. The minimum Gasteiger partial charge on any atom is -0.329 e. The molecule has 4 heteroatoms. The van der Waals surface area contributed by atoms with E-state index in [2.05, 4.69) is 40.2 Å². The molecule has 0 bridgehead atoms. The number of fused-ring (bicyclic) bond motifs is 3. The maximum atomic E-state index is 13.5. The van der Waals surface area contributed by atoms with Crippen LogP contribution in [0.4, 0.5) is 5.95 Å². The number of aromatic nitrogens is 2. The SMILES string of the molecule is O=C1CC(c2ccccc2)CC2=C1C(c1ccccc1)n1c(nc3ccccc31)N2. The molecule has 0 fully saturated rings. The van der Waals surface area contributed by atoms with Gasteiger partial charge in [0, 0.05) is 17.7 Å². The number of ketones is 1. The van der Waals surface area contributed by atoms with Gasteiger partial charge in [-0.1, -0.05) is 72.8 Å². The summed E-state index contributed by atoms with van der Waals surface area (Å²) in [6, 6.07) is 28.6. The first kappa shape index (κ1) is 17.2. The van der Waals surface area contributed by atoms with Gasteiger partial charge in [-0.3, -0.25) is 9.36 Å². The molecule has 0 saturated heterocycles. The van der Waals surface area contributed by atoms with E-state index in [-0.39, 0.29) is 17.7 Å². The van der Waals surface area contributed by atoms with Gasteiger partial charge in [-0.25, -0.2) is 4.98 Å². The Kier molecular flexibility index (Phi) is 3.85. The molecule has 1 N–H and O–H groups in total. The fourth-order valence-corrected chi connectivity index (χ4v) is 4.94. The van der Waals surface area contributed by atoms with Gasteiger partial charge in [0.05, 0.1) is 17.1 Å². The van der Waals surface area contributed by atoms with Gasteiger partial charge < -0.3 is 5.32 Å². The molecule has 6 rings (SSSR count). The number of hydrogen-bond acceptors (Lipinski definition) is 3. The number of allylic oxidation sites excluding steroid dienone is 2. The number of para-hydroxylation sites is 2. The standard InChI is InChI=1S/C26H21N3O/c30-23-16-19(17-9-3-1-4-10-17)15-21-24(23)25(18-11-5-2-6-12-18)29-22-14-8-7-13-20(22)27-26(29)28-21/h1-14,19,25H,15-16H2,(H,27,28). The molecule has 0 spiro atoms. The van der Waals surface area contributed by atoms with Crippen LogP contribution in [0.2, 0.25) is 0 Å². The number of Topliss-reactive ketones (excluding diaryl/α,β-unsaturated/α-hetero) is 1. The van der Waals surface area contributed by atoms with Gasteiger partial charge in [0.25, 0.3) is 0 Å². The van der Waals surface area contributed by atoms with E-state index in [0.717, 1.165) is 40.2 Å². The van der Waals surface area contributed by atoms with Crippen LogP contribution in [0.1, 0.15) is 35.9 Å². The van der Waals surface area contributed by atoms with E-state index in [1.807, 2.05) is 54.6 Å². The maximum absolute atomic E-state index is 13.5. The number of carbonyl (C=O) groups excluding carboxylic acids is 1. The van der Waals surface area contributed by atoms with Crippen LogP contribution in [0.5, 0.6) is 0 Å². The largest absolute Gasteiger partial charge is 0.329 e. The van der Waals surface area contributed by atoms with Crippen molar-refractivity contribution in [2.45, 2.75) is 24.8 Å². The Labute approximate surface area is 174 Å². The van der Waals surface area contributed by atoms with Crippen molar-refractivity contribution in [1.29, 1.82) is 0 Å². The Morgan fingerprint density at radius 2 is 1.47 bits per heavy atom. The highest BCUT2D eigenvalue weighted by Crippen LogP contribution is 2.45. The quantitative estimate of drug-likeness (QED) is 0.494. The number of benzene rings is 3. The molecule has 4 nitrogen and oxygen atoms in total. The van der Waals surface area contributed by atoms with Gasteiger partial charge in [-0.15, -0.1) is 0 Å². The van der Waals surface area contributed by atoms with E-state index in [0.29, 0.717) is 6.42 Å². The summed E-state index contributed by atoms with van der Waals surface area (Å²) in [6.07, 6.45) is 1.35. The molecule has 0 radical (unpaired) electrons. The first-order valence-corrected chi connectivity index (χ1v) is 10.4. The Hall–Kier alpha value is -3.66. The predicted molar refractivity (Wildman–Crippen MR) is 118 cm³/mol. The number of imidazole rings is 1. The Morgan fingerprint density at radius 3 is 2.23 bits per heavy atom. The molecule has 2 unspecified atom stereocenters. The molecule has 1 aliphatic heterocycles. The van der Waals surface area contributed by atoms with Crippen molar-refractivity contribution in [2.24, 2.45) is 0 Å². The smallest absolute Gasteiger partial charge is 0.209 e. The number of hydrogen-bond donors (Lipinski definition) is 1. The van der Waals surface area contributed by atoms with E-state index in [9.17, 15) is 4.79 Å². The number of nitrogens with one attached hydrogen (secondary N) is 1. The third-order valence-corrected chi connectivity index (χ3v) is 6.28. The van der Waals surface area contributed by atoms with Gasteiger partial charge in [0.1, 0.15) is 0 Å². The maximum Gasteiger partial charge on any atom is 0.209 e. The van der Waals surface area contributed by atoms with Gasteiger partial charge in [-0.2, -0.15) is 0 Å². The summed E-state index contributed by atoms with van der Waals surface area (Å²) in [6.45, 7) is 0. The van der Waals surface area contributed by atoms with Crippen LogP contribution < -0.4 is 5.32 Å². The van der Waals surface area contributed by atoms with Gasteiger partial charge in [0.2, 0.25) is 5.95 Å². The lowest BCUT2D eigenvalue weighted by Gasteiger charge is -2.36. The summed E-state index contributed by atoms with van der Waals surface area (Å²) in [5, 5.41) is 3.53. The molecule has 0 amide bonds. The minimum atomic E-state index is -0.158. The van der Waals surface area contributed by atoms with Crippen LogP contribution in [0, 0.1) is 0 Å². The highest BCUT2D eigenvalue weighted by Gasteiger charge is 2.39. The Bertz CT molecular complexity index is 1290. The van der Waals surface area contributed by atoms with Crippen molar-refractivity contribution in [3.63, 3.8) is 0 Å². The predicted octanol–water partition coefficient (Wildman–Crippen LogP) is 5.45. The molecule has 2 aliphatic rings. The highest BCUT2D eigenvalue weighted by atomic mass is 16.1. The number of rotatable bonds is 2. The summed E-state index contributed by atoms with van der Waals surface area (Å²) in [7, 11) is 0. The second kappa shape index (κ2) is 6.70.